The molecule has 1 heterocycles. The molecule has 0 saturated heterocycles. The third-order valence-corrected chi connectivity index (χ3v) is 1.29. The van der Waals surface area contributed by atoms with Gasteiger partial charge in [-0.1, -0.05) is 0 Å². The molecule has 0 atom stereocenters. The molecule has 0 N–H and O–H groups in total. The summed E-state index contributed by atoms with van der Waals surface area (Å²) in [5.74, 6) is 0. The first-order valence-electron chi connectivity index (χ1n) is 4.46. The number of nitrogens with zero attached hydrogens (tertiary/aromatic N) is 1. The van der Waals surface area contributed by atoms with Crippen molar-refractivity contribution < 1.29 is 9.57 Å². The number of hydrogen-bond acceptors (Lipinski definition) is 1. The molecule has 9 heteroatoms. The quantitative estimate of drug-likeness (QED) is 0.457. The molecule has 2 nitrogen and oxygen atoms in total. The Balaban J connectivity index is 0.000000325. The average molecular weight is 473 g/mol. The summed E-state index contributed by atoms with van der Waals surface area (Å²) in [4.78, 5) is 5.25. The van der Waals surface area contributed by atoms with E-state index in [0.717, 1.165) is 5.69 Å². The first-order chi connectivity index (χ1) is 7.29. The van der Waals surface area contributed by atoms with Crippen LogP contribution in [0.25, 0.3) is 0 Å². The molecule has 0 unspecified atom stereocenters. The van der Waals surface area contributed by atoms with Gasteiger partial charge < -0.3 is 0 Å². The Labute approximate surface area is 121 Å². The van der Waals surface area contributed by atoms with Crippen molar-refractivity contribution in [2.45, 2.75) is 13.8 Å². The van der Waals surface area contributed by atoms with Crippen LogP contribution in [-0.4, -0.2) is 15.7 Å². The van der Waals surface area contributed by atoms with Crippen LogP contribution in [0.1, 0.15) is 12.6 Å². The predicted octanol–water partition coefficient (Wildman–Crippen LogP) is 4.49. The molecule has 0 aliphatic heterocycles. The summed E-state index contributed by atoms with van der Waals surface area (Å²) in [7, 11) is 25.0. The fourth-order valence-corrected chi connectivity index (χ4v) is 0.798. The Morgan fingerprint density at radius 2 is 1.59 bits per heavy atom. The summed E-state index contributed by atoms with van der Waals surface area (Å²) >= 11 is 0. The van der Waals surface area contributed by atoms with Crippen molar-refractivity contribution >= 4 is 62.1 Å². The number of rotatable bonds is 2. The van der Waals surface area contributed by atoms with Crippen molar-refractivity contribution in [3.05, 3.63) is 30.1 Å². The molecule has 0 radical (unpaired) electrons. The minimum absolute atomic E-state index is 0.704. The molecule has 0 aliphatic carbocycles. The van der Waals surface area contributed by atoms with Crippen LogP contribution in [0.5, 0.6) is 0 Å². The van der Waals surface area contributed by atoms with E-state index in [2.05, 4.69) is 0 Å². The van der Waals surface area contributed by atoms with Gasteiger partial charge in [0.15, 0.2) is 6.61 Å². The summed E-state index contributed by atoms with van der Waals surface area (Å²) in [5, 5.41) is 0. The molecule has 0 aliphatic rings. The normalized spacial score (nSPS) is 15.1. The van der Waals surface area contributed by atoms with Gasteiger partial charge in [-0.15, -0.1) is 0 Å². The predicted molar refractivity (Wildman–Crippen MR) is 79.4 cm³/mol. The molecule has 102 valence electrons. The van der Waals surface area contributed by atoms with Gasteiger partial charge >= 0.3 is 62.1 Å². The van der Waals surface area contributed by atoms with Crippen molar-refractivity contribution in [2.24, 2.45) is 0 Å². The van der Waals surface area contributed by atoms with Crippen LogP contribution >= 0.6 is 53.0 Å². The summed E-state index contributed by atoms with van der Waals surface area (Å²) in [6, 6.07) is 5.95. The van der Waals surface area contributed by atoms with Crippen molar-refractivity contribution in [3.8, 4) is 0 Å². The van der Waals surface area contributed by atoms with Gasteiger partial charge in [-0.05, 0) is 13.0 Å². The van der Waals surface area contributed by atoms with Gasteiger partial charge in [0.1, 0.15) is 0 Å². The van der Waals surface area contributed by atoms with E-state index >= 15 is 0 Å². The SMILES string of the molecule is CCO[n+]1ccccc1C.[Cl][Sb-]([Cl])([Cl])([Cl])([Cl])[Cl]. The summed E-state index contributed by atoms with van der Waals surface area (Å²) in [6.07, 6.45) is 1.90. The van der Waals surface area contributed by atoms with Gasteiger partial charge in [-0.2, -0.15) is 0 Å². The molecule has 0 spiro atoms. The van der Waals surface area contributed by atoms with E-state index in [-0.39, 0.29) is 0 Å². The molecule has 1 rings (SSSR count). The summed E-state index contributed by atoms with van der Waals surface area (Å²) in [6.45, 7) is 4.69. The van der Waals surface area contributed by atoms with Crippen molar-refractivity contribution in [2.75, 3.05) is 6.61 Å². The zero-order chi connectivity index (χ0) is 13.8. The topological polar surface area (TPSA) is 13.1 Å². The Bertz CT molecular complexity index is 364. The van der Waals surface area contributed by atoms with Gasteiger partial charge in [0.2, 0.25) is 11.9 Å². The van der Waals surface area contributed by atoms with Crippen LogP contribution in [0.4, 0.5) is 0 Å². The number of aryl methyl sites for hydroxylation is 1. The molecule has 0 fully saturated rings. The molecule has 1 aromatic rings. The first-order valence-corrected chi connectivity index (χ1v) is 23.9. The van der Waals surface area contributed by atoms with E-state index in [9.17, 15) is 0 Å². The Kier molecular flexibility index (Phi) is 6.39. The summed E-state index contributed by atoms with van der Waals surface area (Å²) < 4.78 is 1.76. The first kappa shape index (κ1) is 18.5. The molecule has 17 heavy (non-hydrogen) atoms. The Morgan fingerprint density at radius 1 is 1.12 bits per heavy atom. The molecular formula is C8H12Cl6NOSb. The van der Waals surface area contributed by atoms with Gasteiger partial charge in [-0.3, -0.25) is 4.84 Å². The van der Waals surface area contributed by atoms with Gasteiger partial charge in [0.05, 0.1) is 0 Å². The molecule has 0 bridgehead atoms. The average Bonchev–Trinajstić information content (AvgIpc) is 2.04. The second-order valence-electron chi connectivity index (χ2n) is 3.04. The zero-order valence-electron chi connectivity index (χ0n) is 9.09. The van der Waals surface area contributed by atoms with Gasteiger partial charge in [-0.25, -0.2) is 0 Å². The molecule has 0 amide bonds. The number of hydrogen-bond donors (Lipinski definition) is 0. The minimum atomic E-state index is -5.42. The molecule has 0 saturated carbocycles. The van der Waals surface area contributed by atoms with E-state index in [1.807, 2.05) is 38.2 Å². The van der Waals surface area contributed by atoms with Crippen LogP contribution in [0, 0.1) is 6.92 Å². The van der Waals surface area contributed by atoms with Crippen LogP contribution in [-0.2, 0) is 0 Å². The second kappa shape index (κ2) is 5.87. The van der Waals surface area contributed by atoms with Gasteiger partial charge in [0, 0.05) is 23.8 Å². The van der Waals surface area contributed by atoms with E-state index in [1.54, 1.807) is 4.73 Å². The Morgan fingerprint density at radius 3 is 1.94 bits per heavy atom. The van der Waals surface area contributed by atoms with Crippen molar-refractivity contribution in [1.82, 2.24) is 0 Å². The molecule has 1 aromatic heterocycles. The zero-order valence-corrected chi connectivity index (χ0v) is 16.2. The van der Waals surface area contributed by atoms with Crippen LogP contribution in [0.3, 0.4) is 0 Å². The Hall–Kier alpha value is 1.51. The fraction of sp³-hybridized carbons (Fsp3) is 0.375. The van der Waals surface area contributed by atoms with E-state index < -0.39 is 9.14 Å². The van der Waals surface area contributed by atoms with E-state index in [4.69, 9.17) is 57.8 Å². The standard InChI is InChI=1S/C8H12NO.6ClH.Sb/c1-3-10-9-7-5-4-6-8(9)2;;;;;;;/h4-7H,3H2,1-2H3;6*1H;/q+1;;;;;;;+5/p-6. The third-order valence-electron chi connectivity index (χ3n) is 1.29. The molecule has 0 aromatic carbocycles. The van der Waals surface area contributed by atoms with Gasteiger partial charge in [0.25, 0.3) is 0 Å². The second-order valence-corrected chi connectivity index (χ2v) is 59.9. The number of pyridine rings is 1. The maximum absolute atomic E-state index is 5.42. The number of aromatic nitrogens is 1. The van der Waals surface area contributed by atoms with Crippen LogP contribution < -0.4 is 9.57 Å². The summed E-state index contributed by atoms with van der Waals surface area (Å²) in [5.41, 5.74) is 1.12. The van der Waals surface area contributed by atoms with Crippen LogP contribution in [0.2, 0.25) is 0 Å². The maximum atomic E-state index is 5.25. The number of halogens is 6. The van der Waals surface area contributed by atoms with E-state index in [0.29, 0.717) is 6.61 Å². The van der Waals surface area contributed by atoms with E-state index in [1.165, 1.54) is 0 Å². The van der Waals surface area contributed by atoms with Crippen molar-refractivity contribution in [3.63, 3.8) is 0 Å². The molecular weight excluding hydrogens is 461 g/mol. The van der Waals surface area contributed by atoms with Crippen LogP contribution in [0.15, 0.2) is 24.4 Å². The third kappa shape index (κ3) is 17.5. The monoisotopic (exact) mass is 469 g/mol. The van der Waals surface area contributed by atoms with Crippen molar-refractivity contribution in [1.29, 1.82) is 0 Å². The fourth-order valence-electron chi connectivity index (χ4n) is 0.798.